The Balaban J connectivity index is 1.79. The van der Waals surface area contributed by atoms with E-state index in [0.29, 0.717) is 6.04 Å². The van der Waals surface area contributed by atoms with Gasteiger partial charge in [0.05, 0.1) is 0 Å². The molecule has 1 fully saturated rings. The molecule has 0 aliphatic heterocycles. The van der Waals surface area contributed by atoms with Gasteiger partial charge in [-0.2, -0.15) is 11.3 Å². The van der Waals surface area contributed by atoms with Crippen LogP contribution in [0.1, 0.15) is 45.1 Å². The van der Waals surface area contributed by atoms with Crippen LogP contribution >= 0.6 is 11.3 Å². The van der Waals surface area contributed by atoms with E-state index in [2.05, 4.69) is 36.0 Å². The van der Waals surface area contributed by atoms with Gasteiger partial charge in [0.15, 0.2) is 0 Å². The Labute approximate surface area is 103 Å². The summed E-state index contributed by atoms with van der Waals surface area (Å²) < 4.78 is 0. The van der Waals surface area contributed by atoms with Crippen molar-refractivity contribution in [1.82, 2.24) is 5.32 Å². The highest BCUT2D eigenvalue weighted by Gasteiger charge is 2.22. The maximum Gasteiger partial charge on any atom is 0.00952 e. The summed E-state index contributed by atoms with van der Waals surface area (Å²) in [7, 11) is 0. The molecule has 90 valence electrons. The van der Waals surface area contributed by atoms with E-state index in [1.165, 1.54) is 37.7 Å². The normalized spacial score (nSPS) is 27.9. The van der Waals surface area contributed by atoms with E-state index < -0.39 is 0 Å². The number of hydrogen-bond donors (Lipinski definition) is 1. The lowest BCUT2D eigenvalue weighted by Gasteiger charge is -2.32. The Morgan fingerprint density at radius 1 is 1.44 bits per heavy atom. The van der Waals surface area contributed by atoms with Crippen molar-refractivity contribution in [3.8, 4) is 0 Å². The molecular formula is C14H23NS. The third kappa shape index (κ3) is 3.33. The molecule has 1 aliphatic carbocycles. The summed E-state index contributed by atoms with van der Waals surface area (Å²) in [4.78, 5) is 0. The molecule has 3 unspecified atom stereocenters. The van der Waals surface area contributed by atoms with Crippen LogP contribution in [0, 0.1) is 5.92 Å². The van der Waals surface area contributed by atoms with Crippen LogP contribution in [0.15, 0.2) is 16.8 Å². The molecule has 0 radical (unpaired) electrons. The molecule has 1 aromatic heterocycles. The summed E-state index contributed by atoms with van der Waals surface area (Å²) in [5, 5.41) is 8.25. The molecule has 3 atom stereocenters. The van der Waals surface area contributed by atoms with Gasteiger partial charge in [0.1, 0.15) is 0 Å². The average molecular weight is 237 g/mol. The molecule has 2 heteroatoms. The van der Waals surface area contributed by atoms with Crippen molar-refractivity contribution in [3.05, 3.63) is 22.4 Å². The second kappa shape index (κ2) is 5.83. The van der Waals surface area contributed by atoms with Crippen LogP contribution in [0.4, 0.5) is 0 Å². The molecule has 1 nitrogen and oxygen atoms in total. The van der Waals surface area contributed by atoms with E-state index in [9.17, 15) is 0 Å². The van der Waals surface area contributed by atoms with Gasteiger partial charge in [-0.15, -0.1) is 0 Å². The second-order valence-corrected chi connectivity index (χ2v) is 6.05. The SMILES string of the molecule is CC(Cc1ccsc1)NC1CCCCC1C. The highest BCUT2D eigenvalue weighted by Crippen LogP contribution is 2.24. The minimum Gasteiger partial charge on any atom is -0.311 e. The van der Waals surface area contributed by atoms with E-state index in [-0.39, 0.29) is 0 Å². The van der Waals surface area contributed by atoms with E-state index in [0.717, 1.165) is 12.0 Å². The summed E-state index contributed by atoms with van der Waals surface area (Å²) in [5.74, 6) is 0.860. The predicted molar refractivity (Wildman–Crippen MR) is 72.0 cm³/mol. The first-order valence-corrected chi connectivity index (χ1v) is 7.47. The topological polar surface area (TPSA) is 12.0 Å². The van der Waals surface area contributed by atoms with Crippen LogP contribution in [0.25, 0.3) is 0 Å². The zero-order valence-electron chi connectivity index (χ0n) is 10.4. The third-order valence-corrected chi connectivity index (χ3v) is 4.46. The summed E-state index contributed by atoms with van der Waals surface area (Å²) in [6, 6.07) is 3.61. The minimum absolute atomic E-state index is 0.611. The van der Waals surface area contributed by atoms with Gasteiger partial charge in [-0.3, -0.25) is 0 Å². The van der Waals surface area contributed by atoms with E-state index in [1.54, 1.807) is 11.3 Å². The summed E-state index contributed by atoms with van der Waals surface area (Å²) in [6.07, 6.45) is 6.79. The molecule has 0 aromatic carbocycles. The van der Waals surface area contributed by atoms with Crippen LogP contribution in [-0.4, -0.2) is 12.1 Å². The van der Waals surface area contributed by atoms with Gasteiger partial charge in [0.25, 0.3) is 0 Å². The van der Waals surface area contributed by atoms with E-state index in [1.807, 2.05) is 0 Å². The summed E-state index contributed by atoms with van der Waals surface area (Å²) in [6.45, 7) is 4.72. The highest BCUT2D eigenvalue weighted by atomic mass is 32.1. The average Bonchev–Trinajstić information content (AvgIpc) is 2.74. The fourth-order valence-corrected chi connectivity index (χ4v) is 3.43. The third-order valence-electron chi connectivity index (χ3n) is 3.73. The van der Waals surface area contributed by atoms with Gasteiger partial charge in [-0.25, -0.2) is 0 Å². The largest absolute Gasteiger partial charge is 0.311 e. The lowest BCUT2D eigenvalue weighted by Crippen LogP contribution is -2.43. The van der Waals surface area contributed by atoms with Gasteiger partial charge < -0.3 is 5.32 Å². The Hall–Kier alpha value is -0.340. The fourth-order valence-electron chi connectivity index (χ4n) is 2.75. The Bertz CT molecular complexity index is 294. The summed E-state index contributed by atoms with van der Waals surface area (Å²) >= 11 is 1.80. The molecule has 0 bridgehead atoms. The lowest BCUT2D eigenvalue weighted by molar-refractivity contribution is 0.262. The van der Waals surface area contributed by atoms with E-state index in [4.69, 9.17) is 0 Å². The zero-order valence-corrected chi connectivity index (χ0v) is 11.2. The Kier molecular flexibility index (Phi) is 4.42. The van der Waals surface area contributed by atoms with Gasteiger partial charge in [-0.05, 0) is 54.5 Å². The van der Waals surface area contributed by atoms with Crippen molar-refractivity contribution in [1.29, 1.82) is 0 Å². The molecule has 1 aliphatic rings. The number of hydrogen-bond acceptors (Lipinski definition) is 2. The molecule has 1 aromatic rings. The van der Waals surface area contributed by atoms with Crippen LogP contribution in [-0.2, 0) is 6.42 Å². The molecule has 0 saturated heterocycles. The minimum atomic E-state index is 0.611. The quantitative estimate of drug-likeness (QED) is 0.839. The van der Waals surface area contributed by atoms with Crippen LogP contribution in [0.2, 0.25) is 0 Å². The Morgan fingerprint density at radius 3 is 2.94 bits per heavy atom. The van der Waals surface area contributed by atoms with Crippen molar-refractivity contribution < 1.29 is 0 Å². The smallest absolute Gasteiger partial charge is 0.00952 e. The van der Waals surface area contributed by atoms with Crippen molar-refractivity contribution in [3.63, 3.8) is 0 Å². The molecule has 1 saturated carbocycles. The first-order chi connectivity index (χ1) is 7.75. The van der Waals surface area contributed by atoms with E-state index >= 15 is 0 Å². The first kappa shape index (κ1) is 12.1. The second-order valence-electron chi connectivity index (χ2n) is 5.27. The molecule has 1 N–H and O–H groups in total. The van der Waals surface area contributed by atoms with Crippen molar-refractivity contribution in [2.45, 2.75) is 58.0 Å². The predicted octanol–water partition coefficient (Wildman–Crippen LogP) is 3.85. The van der Waals surface area contributed by atoms with Gasteiger partial charge in [0.2, 0.25) is 0 Å². The van der Waals surface area contributed by atoms with Gasteiger partial charge in [0, 0.05) is 12.1 Å². The summed E-state index contributed by atoms with van der Waals surface area (Å²) in [5.41, 5.74) is 1.48. The van der Waals surface area contributed by atoms with Gasteiger partial charge >= 0.3 is 0 Å². The lowest BCUT2D eigenvalue weighted by atomic mass is 9.85. The maximum absolute atomic E-state index is 3.81. The maximum atomic E-state index is 3.81. The van der Waals surface area contributed by atoms with Crippen LogP contribution in [0.3, 0.4) is 0 Å². The van der Waals surface area contributed by atoms with Crippen molar-refractivity contribution in [2.24, 2.45) is 5.92 Å². The molecule has 0 amide bonds. The number of rotatable bonds is 4. The molecule has 0 spiro atoms. The number of thiophene rings is 1. The van der Waals surface area contributed by atoms with Gasteiger partial charge in [-0.1, -0.05) is 19.8 Å². The zero-order chi connectivity index (χ0) is 11.4. The van der Waals surface area contributed by atoms with Crippen molar-refractivity contribution in [2.75, 3.05) is 0 Å². The fraction of sp³-hybridized carbons (Fsp3) is 0.714. The van der Waals surface area contributed by atoms with Crippen molar-refractivity contribution >= 4 is 11.3 Å². The first-order valence-electron chi connectivity index (χ1n) is 6.53. The van der Waals surface area contributed by atoms with Crippen LogP contribution in [0.5, 0.6) is 0 Å². The molecule has 2 rings (SSSR count). The Morgan fingerprint density at radius 2 is 2.25 bits per heavy atom. The monoisotopic (exact) mass is 237 g/mol. The number of nitrogens with one attached hydrogen (secondary N) is 1. The molecule has 1 heterocycles. The highest BCUT2D eigenvalue weighted by molar-refractivity contribution is 7.07. The van der Waals surface area contributed by atoms with Crippen LogP contribution < -0.4 is 5.32 Å². The molecular weight excluding hydrogens is 214 g/mol. The molecule has 16 heavy (non-hydrogen) atoms. The standard InChI is InChI=1S/C14H23NS/c1-11-5-3-4-6-14(11)15-12(2)9-13-7-8-16-10-13/h7-8,10-12,14-15H,3-6,9H2,1-2H3.